The van der Waals surface area contributed by atoms with Crippen LogP contribution >= 0.6 is 0 Å². The number of aryl methyl sites for hydroxylation is 1. The van der Waals surface area contributed by atoms with Gasteiger partial charge in [-0.2, -0.15) is 0 Å². The van der Waals surface area contributed by atoms with Crippen LogP contribution in [-0.2, 0) is 16.0 Å². The Bertz CT molecular complexity index is 806. The molecule has 1 aliphatic heterocycles. The fourth-order valence-corrected chi connectivity index (χ4v) is 3.40. The first kappa shape index (κ1) is 19.0. The van der Waals surface area contributed by atoms with Crippen LogP contribution in [0.5, 0.6) is 0 Å². The fourth-order valence-electron chi connectivity index (χ4n) is 3.40. The van der Waals surface area contributed by atoms with Crippen molar-refractivity contribution in [1.29, 1.82) is 0 Å². The minimum absolute atomic E-state index is 0.0555. The van der Waals surface area contributed by atoms with Crippen LogP contribution in [-0.4, -0.2) is 36.9 Å². The van der Waals surface area contributed by atoms with E-state index < -0.39 is 17.6 Å². The van der Waals surface area contributed by atoms with Crippen molar-refractivity contribution < 1.29 is 18.4 Å². The number of rotatable bonds is 6. The van der Waals surface area contributed by atoms with Gasteiger partial charge in [0, 0.05) is 38.3 Å². The van der Waals surface area contributed by atoms with Crippen molar-refractivity contribution in [1.82, 2.24) is 4.90 Å². The SMILES string of the molecule is CN(CCCc1ccccc1)C(=O)C1CC(=O)N(c2cc(F)cc(F)c2)C1. The van der Waals surface area contributed by atoms with Crippen molar-refractivity contribution in [3.8, 4) is 0 Å². The molecule has 4 nitrogen and oxygen atoms in total. The van der Waals surface area contributed by atoms with Crippen molar-refractivity contribution in [2.75, 3.05) is 25.0 Å². The number of carbonyl (C=O) groups excluding carboxylic acids is 2. The third kappa shape index (κ3) is 4.70. The fraction of sp³-hybridized carbons (Fsp3) is 0.333. The zero-order valence-corrected chi connectivity index (χ0v) is 15.2. The van der Waals surface area contributed by atoms with Gasteiger partial charge in [0.2, 0.25) is 11.8 Å². The second-order valence-corrected chi connectivity index (χ2v) is 6.88. The van der Waals surface area contributed by atoms with Crippen LogP contribution in [0.4, 0.5) is 14.5 Å². The Balaban J connectivity index is 1.56. The summed E-state index contributed by atoms with van der Waals surface area (Å²) in [7, 11) is 1.72. The monoisotopic (exact) mass is 372 g/mol. The van der Waals surface area contributed by atoms with Crippen LogP contribution in [0, 0.1) is 17.6 Å². The average molecular weight is 372 g/mol. The summed E-state index contributed by atoms with van der Waals surface area (Å²) in [6.45, 7) is 0.733. The molecule has 0 aromatic heterocycles. The largest absolute Gasteiger partial charge is 0.345 e. The van der Waals surface area contributed by atoms with Crippen LogP contribution < -0.4 is 4.90 Å². The number of nitrogens with zero attached hydrogens (tertiary/aromatic N) is 2. The molecule has 0 radical (unpaired) electrons. The van der Waals surface area contributed by atoms with Gasteiger partial charge in [0.15, 0.2) is 0 Å². The van der Waals surface area contributed by atoms with E-state index in [1.54, 1.807) is 11.9 Å². The van der Waals surface area contributed by atoms with E-state index in [9.17, 15) is 18.4 Å². The Labute approximate surface area is 157 Å². The Morgan fingerprint density at radius 3 is 2.48 bits per heavy atom. The van der Waals surface area contributed by atoms with Gasteiger partial charge in [-0.3, -0.25) is 9.59 Å². The molecule has 1 heterocycles. The van der Waals surface area contributed by atoms with E-state index in [0.29, 0.717) is 6.54 Å². The highest BCUT2D eigenvalue weighted by atomic mass is 19.1. The molecule has 27 heavy (non-hydrogen) atoms. The van der Waals surface area contributed by atoms with Crippen LogP contribution in [0.15, 0.2) is 48.5 Å². The molecule has 6 heteroatoms. The highest BCUT2D eigenvalue weighted by molar-refractivity contribution is 6.00. The van der Waals surface area contributed by atoms with Gasteiger partial charge in [0.05, 0.1) is 5.92 Å². The third-order valence-electron chi connectivity index (χ3n) is 4.81. The molecular formula is C21H22F2N2O2. The Hall–Kier alpha value is -2.76. The minimum atomic E-state index is -0.745. The predicted octanol–water partition coefficient (Wildman–Crippen LogP) is 3.41. The van der Waals surface area contributed by atoms with E-state index in [1.807, 2.05) is 30.3 Å². The van der Waals surface area contributed by atoms with E-state index in [2.05, 4.69) is 0 Å². The normalized spacial score (nSPS) is 16.6. The smallest absolute Gasteiger partial charge is 0.227 e. The van der Waals surface area contributed by atoms with Gasteiger partial charge >= 0.3 is 0 Å². The van der Waals surface area contributed by atoms with E-state index >= 15 is 0 Å². The number of anilines is 1. The molecule has 1 atom stereocenters. The summed E-state index contributed by atoms with van der Waals surface area (Å²) in [6.07, 6.45) is 1.75. The lowest BCUT2D eigenvalue weighted by Gasteiger charge is -2.21. The van der Waals surface area contributed by atoms with E-state index in [0.717, 1.165) is 31.0 Å². The number of amides is 2. The van der Waals surface area contributed by atoms with Gasteiger partial charge in [0.1, 0.15) is 11.6 Å². The number of halogens is 2. The van der Waals surface area contributed by atoms with Crippen molar-refractivity contribution in [3.63, 3.8) is 0 Å². The second kappa shape index (κ2) is 8.29. The maximum Gasteiger partial charge on any atom is 0.227 e. The predicted molar refractivity (Wildman–Crippen MR) is 99.2 cm³/mol. The Morgan fingerprint density at radius 2 is 1.81 bits per heavy atom. The molecule has 1 saturated heterocycles. The summed E-state index contributed by atoms with van der Waals surface area (Å²) in [5.74, 6) is -2.39. The standard InChI is InChI=1S/C21H22F2N2O2/c1-24(9-5-8-15-6-3-2-4-7-15)21(27)16-10-20(26)25(14-16)19-12-17(22)11-18(23)13-19/h2-4,6-7,11-13,16H,5,8-10,14H2,1H3. The van der Waals surface area contributed by atoms with Gasteiger partial charge in [0.25, 0.3) is 0 Å². The van der Waals surface area contributed by atoms with Crippen LogP contribution in [0.2, 0.25) is 0 Å². The lowest BCUT2D eigenvalue weighted by atomic mass is 10.1. The van der Waals surface area contributed by atoms with Crippen molar-refractivity contribution >= 4 is 17.5 Å². The van der Waals surface area contributed by atoms with Gasteiger partial charge in [-0.05, 0) is 30.5 Å². The van der Waals surface area contributed by atoms with Crippen LogP contribution in [0.3, 0.4) is 0 Å². The van der Waals surface area contributed by atoms with E-state index in [1.165, 1.54) is 10.5 Å². The van der Waals surface area contributed by atoms with Crippen LogP contribution in [0.1, 0.15) is 18.4 Å². The first-order valence-electron chi connectivity index (χ1n) is 8.99. The molecule has 3 rings (SSSR count). The molecular weight excluding hydrogens is 350 g/mol. The van der Waals surface area contributed by atoms with Gasteiger partial charge in [-0.25, -0.2) is 8.78 Å². The molecule has 2 amide bonds. The first-order chi connectivity index (χ1) is 12.9. The van der Waals surface area contributed by atoms with Crippen molar-refractivity contribution in [2.45, 2.75) is 19.3 Å². The van der Waals surface area contributed by atoms with E-state index in [4.69, 9.17) is 0 Å². The average Bonchev–Trinajstić information content (AvgIpc) is 3.03. The van der Waals surface area contributed by atoms with Crippen molar-refractivity contribution in [2.24, 2.45) is 5.92 Å². The molecule has 0 saturated carbocycles. The summed E-state index contributed by atoms with van der Waals surface area (Å²) in [4.78, 5) is 27.8. The molecule has 0 N–H and O–H groups in total. The molecule has 0 spiro atoms. The molecule has 0 aliphatic carbocycles. The molecule has 1 unspecified atom stereocenters. The minimum Gasteiger partial charge on any atom is -0.345 e. The second-order valence-electron chi connectivity index (χ2n) is 6.88. The summed E-state index contributed by atoms with van der Waals surface area (Å²) in [5.41, 5.74) is 1.37. The van der Waals surface area contributed by atoms with Crippen molar-refractivity contribution in [3.05, 3.63) is 65.7 Å². The lowest BCUT2D eigenvalue weighted by molar-refractivity contribution is -0.134. The molecule has 1 aliphatic rings. The highest BCUT2D eigenvalue weighted by Crippen LogP contribution is 2.27. The number of carbonyl (C=O) groups is 2. The van der Waals surface area contributed by atoms with Gasteiger partial charge in [-0.1, -0.05) is 30.3 Å². The Kier molecular flexibility index (Phi) is 5.84. The number of benzene rings is 2. The van der Waals surface area contributed by atoms with E-state index in [-0.39, 0.29) is 30.5 Å². The first-order valence-corrected chi connectivity index (χ1v) is 8.99. The van der Waals surface area contributed by atoms with Crippen LogP contribution in [0.25, 0.3) is 0 Å². The topological polar surface area (TPSA) is 40.6 Å². The molecule has 0 bridgehead atoms. The summed E-state index contributed by atoms with van der Waals surface area (Å²) in [5, 5.41) is 0. The summed E-state index contributed by atoms with van der Waals surface area (Å²) in [6, 6.07) is 13.0. The van der Waals surface area contributed by atoms with Gasteiger partial charge < -0.3 is 9.80 Å². The molecule has 1 fully saturated rings. The number of hydrogen-bond acceptors (Lipinski definition) is 2. The maximum atomic E-state index is 13.4. The summed E-state index contributed by atoms with van der Waals surface area (Å²) >= 11 is 0. The maximum absolute atomic E-state index is 13.4. The highest BCUT2D eigenvalue weighted by Gasteiger charge is 2.36. The lowest BCUT2D eigenvalue weighted by Crippen LogP contribution is -2.35. The zero-order valence-electron chi connectivity index (χ0n) is 15.2. The third-order valence-corrected chi connectivity index (χ3v) is 4.81. The molecule has 2 aromatic carbocycles. The summed E-state index contributed by atoms with van der Waals surface area (Å²) < 4.78 is 26.8. The number of hydrogen-bond donors (Lipinski definition) is 0. The van der Waals surface area contributed by atoms with Gasteiger partial charge in [-0.15, -0.1) is 0 Å². The molecule has 142 valence electrons. The molecule has 2 aromatic rings. The zero-order chi connectivity index (χ0) is 19.4. The quantitative estimate of drug-likeness (QED) is 0.780. The Morgan fingerprint density at radius 1 is 1.15 bits per heavy atom.